The van der Waals surface area contributed by atoms with Crippen LogP contribution in [0, 0.1) is 0 Å². The van der Waals surface area contributed by atoms with Gasteiger partial charge in [-0.3, -0.25) is 19.3 Å². The van der Waals surface area contributed by atoms with Crippen LogP contribution in [0.3, 0.4) is 0 Å². The minimum absolute atomic E-state index is 0.232. The van der Waals surface area contributed by atoms with Gasteiger partial charge in [-0.15, -0.1) is 0 Å². The summed E-state index contributed by atoms with van der Waals surface area (Å²) in [5.41, 5.74) is 2.10. The molecular weight excluding hydrogens is 580 g/mol. The van der Waals surface area contributed by atoms with Crippen LogP contribution in [0.25, 0.3) is 6.08 Å². The van der Waals surface area contributed by atoms with E-state index in [0.717, 1.165) is 22.2 Å². The van der Waals surface area contributed by atoms with Crippen molar-refractivity contribution in [2.24, 2.45) is 0 Å². The van der Waals surface area contributed by atoms with Gasteiger partial charge in [0, 0.05) is 16.3 Å². The molecule has 1 N–H and O–H groups in total. The summed E-state index contributed by atoms with van der Waals surface area (Å²) in [7, 11) is 0. The summed E-state index contributed by atoms with van der Waals surface area (Å²) in [6, 6.07) is 19.6. The molecule has 7 nitrogen and oxygen atoms in total. The molecule has 1 aliphatic heterocycles. The van der Waals surface area contributed by atoms with E-state index >= 15 is 0 Å². The third kappa shape index (κ3) is 6.94. The van der Waals surface area contributed by atoms with E-state index in [1.54, 1.807) is 54.6 Å². The lowest BCUT2D eigenvalue weighted by Gasteiger charge is -2.13. The molecule has 10 heteroatoms. The molecule has 0 radical (unpaired) electrons. The zero-order valence-electron chi connectivity index (χ0n) is 19.7. The van der Waals surface area contributed by atoms with Crippen LogP contribution in [-0.4, -0.2) is 35.1 Å². The van der Waals surface area contributed by atoms with Crippen molar-refractivity contribution in [1.82, 2.24) is 4.90 Å². The van der Waals surface area contributed by atoms with Crippen LogP contribution in [0.15, 0.2) is 76.1 Å². The van der Waals surface area contributed by atoms with Crippen LogP contribution in [-0.2, 0) is 16.2 Å². The van der Waals surface area contributed by atoms with Gasteiger partial charge in [0.25, 0.3) is 11.1 Å². The highest BCUT2D eigenvalue weighted by atomic mass is 79.9. The Kier molecular flexibility index (Phi) is 8.91. The predicted octanol–water partition coefficient (Wildman–Crippen LogP) is 6.76. The van der Waals surface area contributed by atoms with E-state index in [2.05, 4.69) is 21.2 Å². The van der Waals surface area contributed by atoms with Crippen LogP contribution >= 0.6 is 39.3 Å². The highest BCUT2D eigenvalue weighted by Gasteiger charge is 2.36. The minimum Gasteiger partial charge on any atom is -0.494 e. The molecule has 4 rings (SSSR count). The lowest BCUT2D eigenvalue weighted by molar-refractivity contribution is -0.127. The molecular formula is C27H22BrClN2O5S. The van der Waals surface area contributed by atoms with Gasteiger partial charge in [-0.05, 0) is 88.7 Å². The Morgan fingerprint density at radius 2 is 1.84 bits per heavy atom. The van der Waals surface area contributed by atoms with E-state index in [9.17, 15) is 14.4 Å². The maximum atomic E-state index is 12.8. The van der Waals surface area contributed by atoms with Gasteiger partial charge in [-0.25, -0.2) is 0 Å². The van der Waals surface area contributed by atoms with Gasteiger partial charge >= 0.3 is 0 Å². The second-order valence-corrected chi connectivity index (χ2v) is 10.1. The largest absolute Gasteiger partial charge is 0.494 e. The Labute approximate surface area is 231 Å². The number of carbonyl (C=O) groups is 3. The molecule has 0 aliphatic carbocycles. The number of ether oxygens (including phenoxy) is 2. The highest BCUT2D eigenvalue weighted by molar-refractivity contribution is 9.10. The number of amides is 3. The van der Waals surface area contributed by atoms with E-state index in [1.165, 1.54) is 0 Å². The first-order chi connectivity index (χ1) is 17.8. The SMILES string of the molecule is CCOc1ccc(NC(=O)CN2C(=O)S/C(=C/c3ccc(OCc4ccccc4Cl)c(Br)c3)C2=O)cc1. The number of nitrogens with zero attached hydrogens (tertiary/aromatic N) is 1. The number of hydrogen-bond donors (Lipinski definition) is 1. The maximum Gasteiger partial charge on any atom is 0.294 e. The number of halogens is 2. The topological polar surface area (TPSA) is 84.9 Å². The van der Waals surface area contributed by atoms with E-state index in [1.807, 2.05) is 25.1 Å². The van der Waals surface area contributed by atoms with E-state index < -0.39 is 17.1 Å². The summed E-state index contributed by atoms with van der Waals surface area (Å²) in [6.07, 6.45) is 1.61. The maximum absolute atomic E-state index is 12.8. The fraction of sp³-hybridized carbons (Fsp3) is 0.148. The molecule has 3 aromatic carbocycles. The van der Waals surface area contributed by atoms with Gasteiger partial charge in [0.15, 0.2) is 0 Å². The molecule has 1 fully saturated rings. The molecule has 0 atom stereocenters. The van der Waals surface area contributed by atoms with Crippen molar-refractivity contribution in [3.63, 3.8) is 0 Å². The molecule has 0 bridgehead atoms. The van der Waals surface area contributed by atoms with Crippen LogP contribution in [0.1, 0.15) is 18.1 Å². The third-order valence-corrected chi connectivity index (χ3v) is 7.11. The second-order valence-electron chi connectivity index (χ2n) is 7.84. The van der Waals surface area contributed by atoms with Crippen molar-refractivity contribution in [2.45, 2.75) is 13.5 Å². The molecule has 0 spiro atoms. The predicted molar refractivity (Wildman–Crippen MR) is 149 cm³/mol. The van der Waals surface area contributed by atoms with Gasteiger partial charge in [-0.2, -0.15) is 0 Å². The van der Waals surface area contributed by atoms with Gasteiger partial charge in [-0.1, -0.05) is 35.9 Å². The van der Waals surface area contributed by atoms with Crippen LogP contribution in [0.4, 0.5) is 10.5 Å². The normalized spacial score (nSPS) is 14.2. The summed E-state index contributed by atoms with van der Waals surface area (Å²) in [6.45, 7) is 2.34. The van der Waals surface area contributed by atoms with Crippen LogP contribution in [0.2, 0.25) is 5.02 Å². The number of rotatable bonds is 9. The van der Waals surface area contributed by atoms with E-state index in [4.69, 9.17) is 21.1 Å². The van der Waals surface area contributed by atoms with Crippen LogP contribution in [0.5, 0.6) is 11.5 Å². The number of hydrogen-bond acceptors (Lipinski definition) is 6. The van der Waals surface area contributed by atoms with Crippen molar-refractivity contribution in [2.75, 3.05) is 18.5 Å². The molecule has 1 saturated heterocycles. The van der Waals surface area contributed by atoms with Gasteiger partial charge < -0.3 is 14.8 Å². The molecule has 37 heavy (non-hydrogen) atoms. The number of benzene rings is 3. The Morgan fingerprint density at radius 1 is 1.08 bits per heavy atom. The Hall–Kier alpha value is -3.27. The molecule has 1 heterocycles. The van der Waals surface area contributed by atoms with Gasteiger partial charge in [0.2, 0.25) is 5.91 Å². The first kappa shape index (κ1) is 26.8. The second kappa shape index (κ2) is 12.3. The lowest BCUT2D eigenvalue weighted by atomic mass is 10.2. The number of imide groups is 1. The summed E-state index contributed by atoms with van der Waals surface area (Å²) >= 11 is 10.5. The fourth-order valence-corrected chi connectivity index (χ4v) is 4.97. The number of nitrogens with one attached hydrogen (secondary N) is 1. The summed E-state index contributed by atoms with van der Waals surface area (Å²) in [5.74, 6) is 0.294. The monoisotopic (exact) mass is 600 g/mol. The molecule has 1 aliphatic rings. The highest BCUT2D eigenvalue weighted by Crippen LogP contribution is 2.34. The number of carbonyl (C=O) groups excluding carboxylic acids is 3. The molecule has 3 amide bonds. The molecule has 0 saturated carbocycles. The van der Waals surface area contributed by atoms with Crippen molar-refractivity contribution < 1.29 is 23.9 Å². The van der Waals surface area contributed by atoms with Crippen molar-refractivity contribution in [3.05, 3.63) is 92.3 Å². The van der Waals surface area contributed by atoms with Crippen molar-refractivity contribution in [1.29, 1.82) is 0 Å². The summed E-state index contributed by atoms with van der Waals surface area (Å²) < 4.78 is 11.9. The Balaban J connectivity index is 1.37. The molecule has 0 unspecified atom stereocenters. The van der Waals surface area contributed by atoms with E-state index in [0.29, 0.717) is 45.5 Å². The number of anilines is 1. The quantitative estimate of drug-likeness (QED) is 0.273. The minimum atomic E-state index is -0.521. The molecule has 0 aromatic heterocycles. The van der Waals surface area contributed by atoms with Gasteiger partial charge in [0.1, 0.15) is 24.7 Å². The van der Waals surface area contributed by atoms with Gasteiger partial charge in [0.05, 0.1) is 16.0 Å². The average molecular weight is 602 g/mol. The summed E-state index contributed by atoms with van der Waals surface area (Å²) in [5, 5.41) is 2.81. The average Bonchev–Trinajstić information content (AvgIpc) is 3.13. The zero-order chi connectivity index (χ0) is 26.4. The van der Waals surface area contributed by atoms with Crippen molar-refractivity contribution >= 4 is 68.1 Å². The molecule has 190 valence electrons. The van der Waals surface area contributed by atoms with E-state index in [-0.39, 0.29) is 11.4 Å². The van der Waals surface area contributed by atoms with Crippen molar-refractivity contribution in [3.8, 4) is 11.5 Å². The first-order valence-corrected chi connectivity index (χ1v) is 13.3. The Bertz CT molecular complexity index is 1360. The fourth-order valence-electron chi connectivity index (χ4n) is 3.43. The smallest absolute Gasteiger partial charge is 0.294 e. The number of thioether (sulfide) groups is 1. The Morgan fingerprint density at radius 3 is 2.54 bits per heavy atom. The first-order valence-electron chi connectivity index (χ1n) is 11.3. The van der Waals surface area contributed by atoms with Crippen LogP contribution < -0.4 is 14.8 Å². The lowest BCUT2D eigenvalue weighted by Crippen LogP contribution is -2.36. The third-order valence-electron chi connectivity index (χ3n) is 5.22. The molecule has 3 aromatic rings. The summed E-state index contributed by atoms with van der Waals surface area (Å²) in [4.78, 5) is 38.9. The standard InChI is InChI=1S/C27H22BrClN2O5S/c1-2-35-20-10-8-19(9-11-20)30-25(32)15-31-26(33)24(37-27(31)34)14-17-7-12-23(21(28)13-17)36-16-18-5-3-4-6-22(18)29/h3-14H,2,15-16H2,1H3,(H,30,32)/b24-14+. The zero-order valence-corrected chi connectivity index (χ0v) is 22.9.